The van der Waals surface area contributed by atoms with Crippen molar-refractivity contribution in [2.45, 2.75) is 31.0 Å². The van der Waals surface area contributed by atoms with Crippen molar-refractivity contribution in [2.24, 2.45) is 5.92 Å². The van der Waals surface area contributed by atoms with E-state index in [4.69, 9.17) is 18.9 Å². The van der Waals surface area contributed by atoms with Gasteiger partial charge in [0.2, 0.25) is 0 Å². The van der Waals surface area contributed by atoms with Crippen LogP contribution in [0.3, 0.4) is 0 Å². The third kappa shape index (κ3) is 5.05. The van der Waals surface area contributed by atoms with Crippen molar-refractivity contribution in [3.8, 4) is 11.5 Å². The van der Waals surface area contributed by atoms with E-state index in [2.05, 4.69) is 4.98 Å². The molecule has 9 heteroatoms. The number of aromatic amines is 1. The number of aromatic nitrogens is 2. The van der Waals surface area contributed by atoms with E-state index < -0.39 is 41.3 Å². The normalized spacial score (nSPS) is 20.8. The number of ether oxygens (including phenoxy) is 4. The molecule has 0 aliphatic carbocycles. The molecule has 208 valence electrons. The number of nitrogens with zero attached hydrogens (tertiary/aromatic N) is 1. The second kappa shape index (κ2) is 11.5. The third-order valence-corrected chi connectivity index (χ3v) is 7.44. The second-order valence-corrected chi connectivity index (χ2v) is 9.70. The number of halogens is 1. The Morgan fingerprint density at radius 3 is 1.93 bits per heavy atom. The summed E-state index contributed by atoms with van der Waals surface area (Å²) in [6, 6.07) is 26.2. The lowest BCUT2D eigenvalue weighted by Gasteiger charge is -2.37. The van der Waals surface area contributed by atoms with Crippen molar-refractivity contribution in [3.63, 3.8) is 0 Å². The summed E-state index contributed by atoms with van der Waals surface area (Å²) < 4.78 is 40.3. The smallest absolute Gasteiger partial charge is 0.330 e. The number of methoxy groups -OCH3 is 2. The van der Waals surface area contributed by atoms with Crippen molar-refractivity contribution >= 4 is 0 Å². The monoisotopic (exact) mass is 546 g/mol. The molecule has 1 fully saturated rings. The van der Waals surface area contributed by atoms with Gasteiger partial charge in [0.05, 0.1) is 26.9 Å². The number of alkyl halides is 1. The molecule has 2 heterocycles. The highest BCUT2D eigenvalue weighted by atomic mass is 19.1. The van der Waals surface area contributed by atoms with Gasteiger partial charge in [-0.1, -0.05) is 61.5 Å². The molecule has 0 radical (unpaired) electrons. The van der Waals surface area contributed by atoms with Gasteiger partial charge in [-0.2, -0.15) is 0 Å². The van der Waals surface area contributed by atoms with Crippen molar-refractivity contribution in [3.05, 3.63) is 129 Å². The fraction of sp³-hybridized carbons (Fsp3) is 0.290. The maximum Gasteiger partial charge on any atom is 0.330 e. The number of hydrogen-bond acceptors (Lipinski definition) is 6. The molecule has 0 bridgehead atoms. The highest BCUT2D eigenvalue weighted by molar-refractivity contribution is 5.49. The molecule has 1 aliphatic rings. The van der Waals surface area contributed by atoms with Gasteiger partial charge in [-0.05, 0) is 41.0 Å². The van der Waals surface area contributed by atoms with Crippen LogP contribution in [0.2, 0.25) is 0 Å². The number of benzene rings is 3. The molecule has 4 aromatic rings. The van der Waals surface area contributed by atoms with E-state index in [1.54, 1.807) is 21.1 Å². The molecule has 1 aliphatic heterocycles. The molecular formula is C31H31FN2O6. The maximum atomic E-state index is 15.5. The third-order valence-electron chi connectivity index (χ3n) is 7.44. The summed E-state index contributed by atoms with van der Waals surface area (Å²) in [5, 5.41) is 0. The van der Waals surface area contributed by atoms with E-state index in [1.807, 2.05) is 78.9 Å². The van der Waals surface area contributed by atoms with Crippen molar-refractivity contribution in [1.29, 1.82) is 0 Å². The van der Waals surface area contributed by atoms with Crippen LogP contribution in [0.15, 0.2) is 101 Å². The summed E-state index contributed by atoms with van der Waals surface area (Å²) in [5.74, 6) is 0.800. The summed E-state index contributed by atoms with van der Waals surface area (Å²) >= 11 is 0. The molecule has 4 atom stereocenters. The Morgan fingerprint density at radius 2 is 1.40 bits per heavy atom. The molecule has 1 unspecified atom stereocenters. The highest BCUT2D eigenvalue weighted by Gasteiger charge is 2.46. The van der Waals surface area contributed by atoms with Crippen molar-refractivity contribution < 1.29 is 23.3 Å². The van der Waals surface area contributed by atoms with Crippen LogP contribution in [-0.4, -0.2) is 42.7 Å². The van der Waals surface area contributed by atoms with Crippen LogP contribution in [0.4, 0.5) is 4.39 Å². The van der Waals surface area contributed by atoms with Crippen LogP contribution in [0.25, 0.3) is 0 Å². The van der Waals surface area contributed by atoms with E-state index in [9.17, 15) is 9.59 Å². The minimum atomic E-state index is -1.50. The van der Waals surface area contributed by atoms with Gasteiger partial charge in [0.15, 0.2) is 12.4 Å². The minimum Gasteiger partial charge on any atom is -0.497 e. The molecular weight excluding hydrogens is 515 g/mol. The maximum absolute atomic E-state index is 15.5. The molecule has 5 rings (SSSR count). The molecule has 0 saturated carbocycles. The van der Waals surface area contributed by atoms with Gasteiger partial charge in [-0.15, -0.1) is 0 Å². The Bertz CT molecular complexity index is 1490. The Morgan fingerprint density at radius 1 is 0.850 bits per heavy atom. The van der Waals surface area contributed by atoms with E-state index in [-0.39, 0.29) is 6.61 Å². The fourth-order valence-electron chi connectivity index (χ4n) is 5.16. The zero-order valence-corrected chi connectivity index (χ0v) is 22.5. The molecule has 1 saturated heterocycles. The Labute approximate surface area is 230 Å². The topological polar surface area (TPSA) is 91.8 Å². The van der Waals surface area contributed by atoms with Gasteiger partial charge >= 0.3 is 5.69 Å². The Kier molecular flexibility index (Phi) is 7.86. The second-order valence-electron chi connectivity index (χ2n) is 9.70. The van der Waals surface area contributed by atoms with Gasteiger partial charge in [0, 0.05) is 18.2 Å². The molecule has 1 aromatic heterocycles. The molecule has 8 nitrogen and oxygen atoms in total. The first-order valence-corrected chi connectivity index (χ1v) is 13.0. The van der Waals surface area contributed by atoms with E-state index in [0.29, 0.717) is 11.5 Å². The molecule has 0 spiro atoms. The van der Waals surface area contributed by atoms with Gasteiger partial charge in [-0.3, -0.25) is 14.3 Å². The summed E-state index contributed by atoms with van der Waals surface area (Å²) in [5.41, 5.74) is 0.141. The van der Waals surface area contributed by atoms with Crippen LogP contribution in [-0.2, 0) is 15.1 Å². The number of H-pyrrole nitrogens is 1. The average molecular weight is 547 g/mol. The highest BCUT2D eigenvalue weighted by Crippen LogP contribution is 2.43. The summed E-state index contributed by atoms with van der Waals surface area (Å²) in [4.78, 5) is 26.1. The molecule has 1 N–H and O–H groups in total. The van der Waals surface area contributed by atoms with Crippen LogP contribution in [0, 0.1) is 5.92 Å². The van der Waals surface area contributed by atoms with Crippen LogP contribution in [0.1, 0.15) is 29.8 Å². The van der Waals surface area contributed by atoms with Gasteiger partial charge in [0.1, 0.15) is 17.1 Å². The lowest BCUT2D eigenvalue weighted by atomic mass is 9.80. The van der Waals surface area contributed by atoms with Crippen molar-refractivity contribution in [1.82, 2.24) is 9.55 Å². The first-order valence-electron chi connectivity index (χ1n) is 13.0. The quantitative estimate of drug-likeness (QED) is 0.312. The summed E-state index contributed by atoms with van der Waals surface area (Å²) in [7, 11) is 3.21. The van der Waals surface area contributed by atoms with Gasteiger partial charge in [-0.25, -0.2) is 9.18 Å². The standard InChI is InChI=1S/C31H31FN2O6/c1-20-26(40-29(28(20)32)34-18-17-27(35)33-30(34)36)19-39-31(21-7-5-4-6-8-21,22-9-13-24(37-2)14-10-22)23-11-15-25(38-3)16-12-23/h4-18,20,26,28-29H,19H2,1-3H3,(H,33,35,36)/t20-,26+,28?,29+/m0/s1. The van der Waals surface area contributed by atoms with E-state index in [1.165, 1.54) is 12.3 Å². The van der Waals surface area contributed by atoms with Gasteiger partial charge < -0.3 is 18.9 Å². The van der Waals surface area contributed by atoms with E-state index in [0.717, 1.165) is 21.3 Å². The van der Waals surface area contributed by atoms with Gasteiger partial charge in [0.25, 0.3) is 5.56 Å². The Hall–Kier alpha value is -4.21. The molecule has 3 aromatic carbocycles. The predicted molar refractivity (Wildman–Crippen MR) is 148 cm³/mol. The zero-order valence-electron chi connectivity index (χ0n) is 22.5. The zero-order chi connectivity index (χ0) is 28.3. The summed E-state index contributed by atoms with van der Waals surface area (Å²) in [6.07, 6.45) is -2.12. The summed E-state index contributed by atoms with van der Waals surface area (Å²) in [6.45, 7) is 1.74. The number of nitrogens with one attached hydrogen (secondary N) is 1. The first kappa shape index (κ1) is 27.4. The Balaban J connectivity index is 1.56. The van der Waals surface area contributed by atoms with Crippen LogP contribution >= 0.6 is 0 Å². The fourth-order valence-corrected chi connectivity index (χ4v) is 5.16. The number of rotatable bonds is 9. The lowest BCUT2D eigenvalue weighted by molar-refractivity contribution is -0.0867. The van der Waals surface area contributed by atoms with Crippen LogP contribution < -0.4 is 20.7 Å². The van der Waals surface area contributed by atoms with Crippen LogP contribution in [0.5, 0.6) is 11.5 Å². The van der Waals surface area contributed by atoms with E-state index >= 15 is 4.39 Å². The minimum absolute atomic E-state index is 0.0170. The first-order chi connectivity index (χ1) is 19.4. The molecule has 0 amide bonds. The predicted octanol–water partition coefficient (Wildman–Crippen LogP) is 4.43. The molecule has 40 heavy (non-hydrogen) atoms. The largest absolute Gasteiger partial charge is 0.497 e. The SMILES string of the molecule is COc1ccc(C(OC[C@H]2O[C@@H](n3ccc(=O)[nH]c3=O)C(F)[C@H]2C)(c2ccccc2)c2ccc(OC)cc2)cc1. The van der Waals surface area contributed by atoms with Crippen molar-refractivity contribution in [2.75, 3.05) is 20.8 Å². The lowest BCUT2D eigenvalue weighted by Crippen LogP contribution is -2.37. The number of hydrogen-bond donors (Lipinski definition) is 1. The average Bonchev–Trinajstić information content (AvgIpc) is 3.27.